The van der Waals surface area contributed by atoms with E-state index < -0.39 is 0 Å². The van der Waals surface area contributed by atoms with Gasteiger partial charge in [0.25, 0.3) is 5.91 Å². The Labute approximate surface area is 196 Å². The van der Waals surface area contributed by atoms with Gasteiger partial charge < -0.3 is 20.1 Å². The summed E-state index contributed by atoms with van der Waals surface area (Å²) in [5.41, 5.74) is 4.13. The number of nitrogens with zero attached hydrogens (tertiary/aromatic N) is 1. The van der Waals surface area contributed by atoms with Crippen LogP contribution in [0.25, 0.3) is 22.5 Å². The van der Waals surface area contributed by atoms with Gasteiger partial charge in [-0.1, -0.05) is 47.1 Å². The normalized spacial score (nSPS) is 10.9. The van der Waals surface area contributed by atoms with Crippen LogP contribution in [0.3, 0.4) is 0 Å². The summed E-state index contributed by atoms with van der Waals surface area (Å²) < 4.78 is 18.8. The Morgan fingerprint density at radius 3 is 2.38 bits per heavy atom. The van der Waals surface area contributed by atoms with E-state index in [9.17, 15) is 19.4 Å². The number of hydrogen-bond acceptors (Lipinski definition) is 5. The Hall–Kier alpha value is -4.13. The van der Waals surface area contributed by atoms with E-state index >= 15 is 0 Å². The molecule has 1 aromatic heterocycles. The number of carbonyl (C=O) groups excluding carboxylic acids is 1. The fraction of sp³-hybridized carbons (Fsp3) is 0.185. The molecule has 0 saturated carbocycles. The van der Waals surface area contributed by atoms with Gasteiger partial charge in [-0.15, -0.1) is 0 Å². The number of aromatic nitrogens is 1. The van der Waals surface area contributed by atoms with Crippen molar-refractivity contribution in [3.8, 4) is 33.9 Å². The standard InChI is InChI=1S/C27H25FN2O4/c1-3-29-27(33)25-24(18-9-4-16(2)5-10-18)26(34-30-25)21-14-19(22(31)15-23(21)32)11-6-17-7-12-20(28)13-8-17/h4-5,7-10,12-15,31-32H,3,6,11H2,1-2H3,(H,29,33). The lowest BCUT2D eigenvalue weighted by Crippen LogP contribution is -2.23. The zero-order chi connectivity index (χ0) is 24.2. The molecule has 0 radical (unpaired) electrons. The monoisotopic (exact) mass is 460 g/mol. The minimum Gasteiger partial charge on any atom is -0.508 e. The van der Waals surface area contributed by atoms with Crippen molar-refractivity contribution in [1.29, 1.82) is 0 Å². The van der Waals surface area contributed by atoms with Gasteiger partial charge in [-0.05, 0) is 61.6 Å². The van der Waals surface area contributed by atoms with Crippen molar-refractivity contribution in [2.45, 2.75) is 26.7 Å². The summed E-state index contributed by atoms with van der Waals surface area (Å²) in [6, 6.07) is 16.6. The van der Waals surface area contributed by atoms with Gasteiger partial charge in [0.05, 0.1) is 11.1 Å². The summed E-state index contributed by atoms with van der Waals surface area (Å²) in [5.74, 6) is -0.734. The van der Waals surface area contributed by atoms with E-state index in [-0.39, 0.29) is 34.7 Å². The lowest BCUT2D eigenvalue weighted by atomic mass is 9.95. The highest BCUT2D eigenvalue weighted by atomic mass is 19.1. The van der Waals surface area contributed by atoms with Gasteiger partial charge in [0.2, 0.25) is 0 Å². The fourth-order valence-electron chi connectivity index (χ4n) is 3.80. The second kappa shape index (κ2) is 9.79. The van der Waals surface area contributed by atoms with E-state index in [1.54, 1.807) is 18.2 Å². The van der Waals surface area contributed by atoms with Crippen molar-refractivity contribution < 1.29 is 23.9 Å². The van der Waals surface area contributed by atoms with Crippen molar-refractivity contribution in [3.63, 3.8) is 0 Å². The molecule has 7 heteroatoms. The highest BCUT2D eigenvalue weighted by Gasteiger charge is 2.26. The molecular weight excluding hydrogens is 435 g/mol. The number of nitrogens with one attached hydrogen (secondary N) is 1. The molecule has 174 valence electrons. The van der Waals surface area contributed by atoms with Crippen LogP contribution >= 0.6 is 0 Å². The first-order valence-corrected chi connectivity index (χ1v) is 11.0. The molecule has 0 atom stereocenters. The van der Waals surface area contributed by atoms with Crippen LogP contribution in [0, 0.1) is 12.7 Å². The number of aryl methyl sites for hydroxylation is 3. The lowest BCUT2D eigenvalue weighted by molar-refractivity contribution is 0.0947. The average Bonchev–Trinajstić information content (AvgIpc) is 3.25. The number of amides is 1. The van der Waals surface area contributed by atoms with E-state index in [1.807, 2.05) is 38.1 Å². The number of rotatable bonds is 7. The zero-order valence-electron chi connectivity index (χ0n) is 18.9. The summed E-state index contributed by atoms with van der Waals surface area (Å²) in [7, 11) is 0. The molecule has 0 spiro atoms. The Balaban J connectivity index is 1.77. The minimum absolute atomic E-state index is 0.0660. The molecule has 1 amide bonds. The van der Waals surface area contributed by atoms with Gasteiger partial charge in [-0.3, -0.25) is 4.79 Å². The number of benzene rings is 3. The van der Waals surface area contributed by atoms with Crippen molar-refractivity contribution in [3.05, 3.63) is 88.9 Å². The highest BCUT2D eigenvalue weighted by Crippen LogP contribution is 2.42. The summed E-state index contributed by atoms with van der Waals surface area (Å²) >= 11 is 0. The van der Waals surface area contributed by atoms with Crippen molar-refractivity contribution in [2.24, 2.45) is 0 Å². The average molecular weight is 461 g/mol. The molecule has 1 heterocycles. The summed E-state index contributed by atoms with van der Waals surface area (Å²) in [4.78, 5) is 12.7. The Bertz CT molecular complexity index is 1310. The molecule has 0 bridgehead atoms. The largest absolute Gasteiger partial charge is 0.508 e. The molecule has 3 N–H and O–H groups in total. The van der Waals surface area contributed by atoms with Crippen LogP contribution in [0.5, 0.6) is 11.5 Å². The summed E-state index contributed by atoms with van der Waals surface area (Å²) in [6.45, 7) is 4.19. The number of halogens is 1. The SMILES string of the molecule is CCNC(=O)c1noc(-c2cc(CCc3ccc(F)cc3)c(O)cc2O)c1-c1ccc(C)cc1. The van der Waals surface area contributed by atoms with Crippen LogP contribution in [-0.4, -0.2) is 27.8 Å². The Morgan fingerprint density at radius 2 is 1.71 bits per heavy atom. The molecule has 0 aliphatic carbocycles. The molecule has 0 aliphatic heterocycles. The molecule has 34 heavy (non-hydrogen) atoms. The molecule has 0 saturated heterocycles. The van der Waals surface area contributed by atoms with E-state index in [4.69, 9.17) is 4.52 Å². The molecular formula is C27H25FN2O4. The summed E-state index contributed by atoms with van der Waals surface area (Å²) in [6.07, 6.45) is 1.01. The van der Waals surface area contributed by atoms with E-state index in [1.165, 1.54) is 18.2 Å². The van der Waals surface area contributed by atoms with Crippen LogP contribution in [0.15, 0.2) is 65.2 Å². The molecule has 6 nitrogen and oxygen atoms in total. The first-order chi connectivity index (χ1) is 16.4. The first-order valence-electron chi connectivity index (χ1n) is 11.0. The van der Waals surface area contributed by atoms with Gasteiger partial charge in [-0.2, -0.15) is 0 Å². The second-order valence-corrected chi connectivity index (χ2v) is 8.09. The second-order valence-electron chi connectivity index (χ2n) is 8.09. The maximum atomic E-state index is 13.2. The van der Waals surface area contributed by atoms with E-state index in [0.29, 0.717) is 41.6 Å². The van der Waals surface area contributed by atoms with Crippen molar-refractivity contribution in [2.75, 3.05) is 6.54 Å². The van der Waals surface area contributed by atoms with Gasteiger partial charge in [-0.25, -0.2) is 4.39 Å². The molecule has 4 aromatic rings. The number of phenolic OH excluding ortho intramolecular Hbond substituents is 2. The number of hydrogen-bond donors (Lipinski definition) is 3. The third-order valence-corrected chi connectivity index (χ3v) is 5.62. The maximum Gasteiger partial charge on any atom is 0.274 e. The topological polar surface area (TPSA) is 95.6 Å². The third kappa shape index (κ3) is 4.78. The smallest absolute Gasteiger partial charge is 0.274 e. The Kier molecular flexibility index (Phi) is 6.63. The van der Waals surface area contributed by atoms with Crippen molar-refractivity contribution >= 4 is 5.91 Å². The van der Waals surface area contributed by atoms with Crippen LogP contribution in [-0.2, 0) is 12.8 Å². The predicted molar refractivity (Wildman–Crippen MR) is 127 cm³/mol. The van der Waals surface area contributed by atoms with Crippen LogP contribution in [0.2, 0.25) is 0 Å². The van der Waals surface area contributed by atoms with Crippen LogP contribution in [0.1, 0.15) is 34.1 Å². The summed E-state index contributed by atoms with van der Waals surface area (Å²) in [5, 5.41) is 27.8. The van der Waals surface area contributed by atoms with Crippen molar-refractivity contribution in [1.82, 2.24) is 10.5 Å². The number of aromatic hydroxyl groups is 2. The molecule has 0 aliphatic rings. The molecule has 0 fully saturated rings. The number of phenols is 2. The lowest BCUT2D eigenvalue weighted by Gasteiger charge is -2.11. The van der Waals surface area contributed by atoms with Gasteiger partial charge in [0.15, 0.2) is 11.5 Å². The maximum absolute atomic E-state index is 13.2. The molecule has 0 unspecified atom stereocenters. The van der Waals surface area contributed by atoms with E-state index in [2.05, 4.69) is 10.5 Å². The zero-order valence-corrected chi connectivity index (χ0v) is 18.9. The minimum atomic E-state index is -0.386. The predicted octanol–water partition coefficient (Wildman–Crippen LogP) is 5.40. The van der Waals surface area contributed by atoms with E-state index in [0.717, 1.165) is 11.1 Å². The number of carbonyl (C=O) groups is 1. The van der Waals surface area contributed by atoms with Crippen LogP contribution in [0.4, 0.5) is 4.39 Å². The van der Waals surface area contributed by atoms with Gasteiger partial charge >= 0.3 is 0 Å². The van der Waals surface area contributed by atoms with Gasteiger partial charge in [0.1, 0.15) is 17.3 Å². The molecule has 3 aromatic carbocycles. The van der Waals surface area contributed by atoms with Gasteiger partial charge in [0, 0.05) is 12.6 Å². The fourth-order valence-corrected chi connectivity index (χ4v) is 3.80. The Morgan fingerprint density at radius 1 is 1.00 bits per heavy atom. The quantitative estimate of drug-likeness (QED) is 0.343. The highest BCUT2D eigenvalue weighted by molar-refractivity contribution is 6.02. The van der Waals surface area contributed by atoms with Crippen LogP contribution < -0.4 is 5.32 Å². The third-order valence-electron chi connectivity index (χ3n) is 5.62. The first kappa shape index (κ1) is 23.0. The molecule has 4 rings (SSSR count).